The Morgan fingerprint density at radius 3 is 2.00 bits per heavy atom. The number of nitrogens with one attached hydrogen (secondary N) is 1. The number of thioether (sulfide) groups is 1. The van der Waals surface area contributed by atoms with Gasteiger partial charge in [0.1, 0.15) is 6.54 Å². The maximum atomic E-state index is 13.2. The smallest absolute Gasteiger partial charge is 0.343 e. The zero-order chi connectivity index (χ0) is 26.3. The number of hydrogen-bond acceptors (Lipinski definition) is 5. The molecule has 0 radical (unpaired) electrons. The molecule has 35 heavy (non-hydrogen) atoms. The van der Waals surface area contributed by atoms with Gasteiger partial charge in [0.2, 0.25) is 5.91 Å². The monoisotopic (exact) mass is 538 g/mol. The lowest BCUT2D eigenvalue weighted by atomic mass is 10.1. The highest BCUT2D eigenvalue weighted by Gasteiger charge is 2.35. The minimum atomic E-state index is -4.78. The molecule has 0 aromatic heterocycles. The van der Waals surface area contributed by atoms with Gasteiger partial charge in [-0.05, 0) is 23.3 Å². The van der Waals surface area contributed by atoms with Gasteiger partial charge in [0, 0.05) is 11.5 Å². The van der Waals surface area contributed by atoms with Crippen LogP contribution in [0.2, 0.25) is 0 Å². The molecular weight excluding hydrogens is 518 g/mol. The molecule has 2 rings (SSSR count). The van der Waals surface area contributed by atoms with Gasteiger partial charge in [0.25, 0.3) is 0 Å². The molecule has 0 aliphatic carbocycles. The van der Waals surface area contributed by atoms with E-state index in [9.17, 15) is 39.6 Å². The second kappa shape index (κ2) is 11.8. The summed E-state index contributed by atoms with van der Waals surface area (Å²) in [6.45, 7) is -0.437. The average molecular weight is 539 g/mol. The van der Waals surface area contributed by atoms with Crippen molar-refractivity contribution in [3.05, 3.63) is 70.8 Å². The fourth-order valence-corrected chi connectivity index (χ4v) is 6.25. The maximum Gasteiger partial charge on any atom is 0.416 e. The van der Waals surface area contributed by atoms with E-state index >= 15 is 0 Å². The van der Waals surface area contributed by atoms with Crippen molar-refractivity contribution in [3.63, 3.8) is 0 Å². The van der Waals surface area contributed by atoms with E-state index < -0.39 is 68.8 Å². The molecule has 2 aromatic rings. The second-order valence-electron chi connectivity index (χ2n) is 7.45. The highest BCUT2D eigenvalue weighted by molar-refractivity contribution is 7.98. The average Bonchev–Trinajstić information content (AvgIpc) is 2.75. The Balaban J connectivity index is 2.19. The molecule has 0 spiro atoms. The quantitative estimate of drug-likeness (QED) is 0.346. The number of nitriles is 1. The van der Waals surface area contributed by atoms with Crippen molar-refractivity contribution < 1.29 is 39.6 Å². The van der Waals surface area contributed by atoms with Crippen LogP contribution in [0.1, 0.15) is 22.3 Å². The highest BCUT2D eigenvalue weighted by atomic mass is 32.2. The molecule has 0 bridgehead atoms. The van der Waals surface area contributed by atoms with Crippen molar-refractivity contribution in [2.24, 2.45) is 5.92 Å². The molecule has 0 aliphatic heterocycles. The number of amides is 1. The summed E-state index contributed by atoms with van der Waals surface area (Å²) in [7, 11) is -4.25. The van der Waals surface area contributed by atoms with Crippen LogP contribution in [-0.4, -0.2) is 32.4 Å². The lowest BCUT2D eigenvalue weighted by molar-refractivity contribution is -0.138. The number of rotatable bonds is 10. The Labute approximate surface area is 202 Å². The summed E-state index contributed by atoms with van der Waals surface area (Å²) >= 11 is 0.873. The lowest BCUT2D eigenvalue weighted by Crippen LogP contribution is -2.36. The highest BCUT2D eigenvalue weighted by Crippen LogP contribution is 2.34. The van der Waals surface area contributed by atoms with Crippen LogP contribution in [-0.2, 0) is 38.5 Å². The van der Waals surface area contributed by atoms with E-state index in [2.05, 4.69) is 5.32 Å². The summed E-state index contributed by atoms with van der Waals surface area (Å²) in [5.41, 5.74) is -2.53. The Bertz CT molecular complexity index is 1170. The van der Waals surface area contributed by atoms with Crippen LogP contribution in [0.15, 0.2) is 48.5 Å². The second-order valence-corrected chi connectivity index (χ2v) is 10.6. The van der Waals surface area contributed by atoms with E-state index in [0.717, 1.165) is 36.0 Å². The summed E-state index contributed by atoms with van der Waals surface area (Å²) in [5.74, 6) is -4.38. The summed E-state index contributed by atoms with van der Waals surface area (Å²) in [6.07, 6.45) is -9.38. The number of sulfone groups is 1. The number of carbonyl (C=O) groups is 1. The first-order chi connectivity index (χ1) is 16.2. The molecule has 1 N–H and O–H groups in total. The van der Waals surface area contributed by atoms with Crippen LogP contribution >= 0.6 is 11.8 Å². The molecule has 1 amide bonds. The maximum absolute atomic E-state index is 13.2. The predicted molar refractivity (Wildman–Crippen MR) is 119 cm³/mol. The minimum Gasteiger partial charge on any atom is -0.343 e. The molecule has 190 valence electrons. The SMILES string of the molecule is N#CCNC(=O)C(CSCc1ccccc1C(F)(F)F)CS(=O)(=O)Cc1ccccc1C(F)(F)F. The molecule has 13 heteroatoms. The molecule has 0 saturated heterocycles. The van der Waals surface area contributed by atoms with Crippen LogP contribution in [0.5, 0.6) is 0 Å². The van der Waals surface area contributed by atoms with Crippen LogP contribution in [0.3, 0.4) is 0 Å². The van der Waals surface area contributed by atoms with Gasteiger partial charge in [-0.1, -0.05) is 36.4 Å². The molecule has 0 saturated carbocycles. The van der Waals surface area contributed by atoms with Crippen molar-refractivity contribution in [2.75, 3.05) is 18.1 Å². The largest absolute Gasteiger partial charge is 0.416 e. The Morgan fingerprint density at radius 2 is 1.46 bits per heavy atom. The summed E-state index contributed by atoms with van der Waals surface area (Å²) in [4.78, 5) is 12.4. The number of halogens is 6. The molecule has 2 aromatic carbocycles. The zero-order valence-corrected chi connectivity index (χ0v) is 19.6. The van der Waals surface area contributed by atoms with Gasteiger partial charge < -0.3 is 5.32 Å². The standard InChI is InChI=1S/C22H20F6N2O3S2/c23-21(24,25)18-7-3-1-5-15(18)11-34-12-17(20(31)30-10-9-29)14-35(32,33)13-16-6-2-4-8-19(16)22(26,27)28/h1-8,17H,10-14H2,(H,30,31). The number of alkyl halides is 6. The third kappa shape index (κ3) is 8.78. The van der Waals surface area contributed by atoms with Gasteiger partial charge in [-0.25, -0.2) is 8.42 Å². The fraction of sp³-hybridized carbons (Fsp3) is 0.364. The van der Waals surface area contributed by atoms with E-state index in [-0.39, 0.29) is 17.1 Å². The summed E-state index contributed by atoms with van der Waals surface area (Å²) in [6, 6.07) is 10.6. The summed E-state index contributed by atoms with van der Waals surface area (Å²) in [5, 5.41) is 10.9. The Kier molecular flexibility index (Phi) is 9.62. The van der Waals surface area contributed by atoms with Gasteiger partial charge in [-0.3, -0.25) is 4.79 Å². The van der Waals surface area contributed by atoms with E-state index in [1.807, 2.05) is 0 Å². The molecule has 1 atom stereocenters. The first-order valence-electron chi connectivity index (χ1n) is 9.97. The van der Waals surface area contributed by atoms with E-state index in [1.54, 1.807) is 6.07 Å². The van der Waals surface area contributed by atoms with Gasteiger partial charge in [0.15, 0.2) is 9.84 Å². The van der Waals surface area contributed by atoms with E-state index in [4.69, 9.17) is 5.26 Å². The third-order valence-electron chi connectivity index (χ3n) is 4.77. The van der Waals surface area contributed by atoms with Crippen LogP contribution in [0.4, 0.5) is 26.3 Å². The number of hydrogen-bond donors (Lipinski definition) is 1. The van der Waals surface area contributed by atoms with Crippen LogP contribution in [0.25, 0.3) is 0 Å². The molecule has 0 aliphatic rings. The fourth-order valence-electron chi connectivity index (χ4n) is 3.23. The normalized spacial score (nSPS) is 13.2. The molecular formula is C22H20F6N2O3S2. The predicted octanol–water partition coefficient (Wildman–Crippen LogP) is 4.83. The van der Waals surface area contributed by atoms with Gasteiger partial charge >= 0.3 is 12.4 Å². The Morgan fingerprint density at radius 1 is 0.943 bits per heavy atom. The molecule has 0 fully saturated rings. The Hall–Kier alpha value is -2.72. The molecule has 1 unspecified atom stereocenters. The van der Waals surface area contributed by atoms with Crippen molar-refractivity contribution in [1.29, 1.82) is 5.26 Å². The summed E-state index contributed by atoms with van der Waals surface area (Å²) < 4.78 is 105. The molecule has 0 heterocycles. The first kappa shape index (κ1) is 28.5. The van der Waals surface area contributed by atoms with Crippen molar-refractivity contribution >= 4 is 27.5 Å². The van der Waals surface area contributed by atoms with Gasteiger partial charge in [0.05, 0.1) is 34.6 Å². The van der Waals surface area contributed by atoms with Crippen molar-refractivity contribution in [2.45, 2.75) is 23.9 Å². The zero-order valence-electron chi connectivity index (χ0n) is 18.0. The van der Waals surface area contributed by atoms with E-state index in [0.29, 0.717) is 0 Å². The molecule has 5 nitrogen and oxygen atoms in total. The lowest BCUT2D eigenvalue weighted by Gasteiger charge is -2.18. The van der Waals surface area contributed by atoms with E-state index in [1.165, 1.54) is 24.3 Å². The van der Waals surface area contributed by atoms with Crippen molar-refractivity contribution in [1.82, 2.24) is 5.32 Å². The first-order valence-corrected chi connectivity index (χ1v) is 12.9. The number of nitrogens with zero attached hydrogens (tertiary/aromatic N) is 1. The number of benzene rings is 2. The number of carbonyl (C=O) groups excluding carboxylic acids is 1. The minimum absolute atomic E-state index is 0.0665. The van der Waals surface area contributed by atoms with Gasteiger partial charge in [-0.2, -0.15) is 43.4 Å². The van der Waals surface area contributed by atoms with Crippen LogP contribution < -0.4 is 5.32 Å². The van der Waals surface area contributed by atoms with Crippen molar-refractivity contribution in [3.8, 4) is 6.07 Å². The van der Waals surface area contributed by atoms with Crippen LogP contribution in [0, 0.1) is 17.2 Å². The van der Waals surface area contributed by atoms with Gasteiger partial charge in [-0.15, -0.1) is 0 Å². The topological polar surface area (TPSA) is 87.0 Å². The third-order valence-corrected chi connectivity index (χ3v) is 7.58.